The average Bonchev–Trinajstić information content (AvgIpc) is 3.11. The van der Waals surface area contributed by atoms with Crippen molar-refractivity contribution in [3.63, 3.8) is 0 Å². The summed E-state index contributed by atoms with van der Waals surface area (Å²) in [6.07, 6.45) is -0.257. The number of hydrogen-bond acceptors (Lipinski definition) is 4. The van der Waals surface area contributed by atoms with E-state index in [9.17, 15) is 18.0 Å². The number of rotatable bonds is 2. The lowest BCUT2D eigenvalue weighted by molar-refractivity contribution is -0.137. The summed E-state index contributed by atoms with van der Waals surface area (Å²) >= 11 is 0. The Morgan fingerprint density at radius 2 is 1.77 bits per heavy atom. The predicted molar refractivity (Wildman–Crippen MR) is 87.8 cm³/mol. The number of pyridine rings is 2. The van der Waals surface area contributed by atoms with Gasteiger partial charge in [-0.15, -0.1) is 0 Å². The van der Waals surface area contributed by atoms with Crippen molar-refractivity contribution in [1.82, 2.24) is 14.5 Å². The molecule has 0 spiro atoms. The number of aromatic nitrogens is 3. The van der Waals surface area contributed by atoms with Gasteiger partial charge in [0.2, 0.25) is 0 Å². The Labute approximate surface area is 144 Å². The maximum Gasteiger partial charge on any atom is 0.416 e. The van der Waals surface area contributed by atoms with Crippen molar-refractivity contribution in [3.05, 3.63) is 77.2 Å². The van der Waals surface area contributed by atoms with Crippen LogP contribution in [0, 0.1) is 0 Å². The summed E-state index contributed by atoms with van der Waals surface area (Å²) < 4.78 is 44.7. The van der Waals surface area contributed by atoms with Gasteiger partial charge in [-0.25, -0.2) is 0 Å². The minimum absolute atomic E-state index is 0.183. The Kier molecular flexibility index (Phi) is 3.61. The molecule has 0 aliphatic rings. The molecule has 1 aromatic carbocycles. The van der Waals surface area contributed by atoms with E-state index in [0.717, 1.165) is 18.5 Å². The standard InChI is InChI=1S/C18H10F3N3O2/c19-18(20,21)13-5-3-12(4-6-13)15-16(23-10-26-15)24-9-7-11-2-1-8-22-14(11)17(24)25/h1-10H. The molecule has 0 bridgehead atoms. The van der Waals surface area contributed by atoms with Gasteiger partial charge in [0.25, 0.3) is 5.56 Å². The normalized spacial score (nSPS) is 11.8. The fourth-order valence-corrected chi connectivity index (χ4v) is 2.65. The number of hydrogen-bond donors (Lipinski definition) is 0. The van der Waals surface area contributed by atoms with E-state index < -0.39 is 17.3 Å². The summed E-state index contributed by atoms with van der Waals surface area (Å²) in [6.45, 7) is 0. The molecule has 3 aromatic heterocycles. The van der Waals surface area contributed by atoms with Gasteiger partial charge in [0.1, 0.15) is 5.52 Å². The van der Waals surface area contributed by atoms with E-state index in [1.165, 1.54) is 29.1 Å². The molecule has 0 aliphatic heterocycles. The molecule has 0 atom stereocenters. The first-order valence-corrected chi connectivity index (χ1v) is 7.53. The van der Waals surface area contributed by atoms with Crippen molar-refractivity contribution in [1.29, 1.82) is 0 Å². The van der Waals surface area contributed by atoms with Crippen molar-refractivity contribution in [2.24, 2.45) is 0 Å². The highest BCUT2D eigenvalue weighted by molar-refractivity contribution is 5.77. The molecular weight excluding hydrogens is 347 g/mol. The molecule has 4 aromatic rings. The zero-order valence-corrected chi connectivity index (χ0v) is 13.1. The van der Waals surface area contributed by atoms with Crippen LogP contribution in [0.25, 0.3) is 28.0 Å². The third-order valence-electron chi connectivity index (χ3n) is 3.91. The number of halogens is 3. The lowest BCUT2D eigenvalue weighted by atomic mass is 10.1. The van der Waals surface area contributed by atoms with Crippen molar-refractivity contribution in [2.45, 2.75) is 6.18 Å². The van der Waals surface area contributed by atoms with Crippen molar-refractivity contribution in [3.8, 4) is 17.1 Å². The number of nitrogens with zero attached hydrogens (tertiary/aromatic N) is 3. The highest BCUT2D eigenvalue weighted by Crippen LogP contribution is 2.32. The van der Waals surface area contributed by atoms with Crippen LogP contribution in [-0.2, 0) is 6.18 Å². The summed E-state index contributed by atoms with van der Waals surface area (Å²) in [7, 11) is 0. The smallest absolute Gasteiger partial charge is 0.416 e. The van der Waals surface area contributed by atoms with Gasteiger partial charge in [0.05, 0.1) is 5.56 Å². The molecule has 0 saturated carbocycles. The Morgan fingerprint density at radius 1 is 1.00 bits per heavy atom. The maximum absolute atomic E-state index is 12.7. The summed E-state index contributed by atoms with van der Waals surface area (Å²) in [5.74, 6) is 0.374. The van der Waals surface area contributed by atoms with Gasteiger partial charge in [-0.3, -0.25) is 14.3 Å². The molecule has 0 N–H and O–H groups in total. The highest BCUT2D eigenvalue weighted by atomic mass is 19.4. The number of fused-ring (bicyclic) bond motifs is 1. The van der Waals surface area contributed by atoms with Gasteiger partial charge in [-0.05, 0) is 24.3 Å². The molecule has 130 valence electrons. The molecule has 4 rings (SSSR count). The van der Waals surface area contributed by atoms with Gasteiger partial charge < -0.3 is 4.42 Å². The van der Waals surface area contributed by atoms with Crippen LogP contribution in [0.3, 0.4) is 0 Å². The van der Waals surface area contributed by atoms with Crippen LogP contribution < -0.4 is 5.56 Å². The van der Waals surface area contributed by atoms with Crippen molar-refractivity contribution >= 4 is 10.9 Å². The number of alkyl halides is 3. The lowest BCUT2D eigenvalue weighted by Gasteiger charge is -2.08. The Morgan fingerprint density at radius 3 is 2.50 bits per heavy atom. The molecule has 0 radical (unpaired) electrons. The van der Waals surface area contributed by atoms with Gasteiger partial charge in [0.15, 0.2) is 18.0 Å². The summed E-state index contributed by atoms with van der Waals surface area (Å²) in [5.41, 5.74) is -0.533. The molecule has 0 saturated heterocycles. The first-order valence-electron chi connectivity index (χ1n) is 7.53. The van der Waals surface area contributed by atoms with Crippen LogP contribution in [-0.4, -0.2) is 14.5 Å². The Hall–Kier alpha value is -3.42. The van der Waals surface area contributed by atoms with Gasteiger partial charge >= 0.3 is 6.18 Å². The molecule has 0 fully saturated rings. The second-order valence-electron chi connectivity index (χ2n) is 5.51. The summed E-state index contributed by atoms with van der Waals surface area (Å²) in [4.78, 5) is 20.8. The monoisotopic (exact) mass is 357 g/mol. The SMILES string of the molecule is O=c1c2ncccc2ccn1-c1ncoc1-c1ccc(C(F)(F)F)cc1. The molecule has 8 heteroatoms. The lowest BCUT2D eigenvalue weighted by Crippen LogP contribution is -2.19. The third kappa shape index (κ3) is 2.65. The summed E-state index contributed by atoms with van der Waals surface area (Å²) in [5, 5.41) is 0.674. The second kappa shape index (κ2) is 5.83. The zero-order chi connectivity index (χ0) is 18.3. The van der Waals surface area contributed by atoms with Gasteiger partial charge in [-0.2, -0.15) is 18.2 Å². The first kappa shape index (κ1) is 16.1. The zero-order valence-electron chi connectivity index (χ0n) is 13.1. The molecule has 3 heterocycles. The third-order valence-corrected chi connectivity index (χ3v) is 3.91. The molecule has 0 amide bonds. The van der Waals surface area contributed by atoms with Crippen molar-refractivity contribution in [2.75, 3.05) is 0 Å². The molecular formula is C18H10F3N3O2. The van der Waals surface area contributed by atoms with Crippen LogP contribution in [0.2, 0.25) is 0 Å². The Bertz CT molecular complexity index is 1140. The quantitative estimate of drug-likeness (QED) is 0.543. The fourth-order valence-electron chi connectivity index (χ4n) is 2.65. The van der Waals surface area contributed by atoms with E-state index in [2.05, 4.69) is 9.97 Å². The summed E-state index contributed by atoms with van der Waals surface area (Å²) in [6, 6.07) is 9.63. The molecule has 0 aliphatic carbocycles. The van der Waals surface area contributed by atoms with Crippen LogP contribution >= 0.6 is 0 Å². The van der Waals surface area contributed by atoms with Gasteiger partial charge in [-0.1, -0.05) is 18.2 Å². The van der Waals surface area contributed by atoms with Crippen LogP contribution in [0.15, 0.2) is 70.5 Å². The topological polar surface area (TPSA) is 60.9 Å². The largest absolute Gasteiger partial charge is 0.441 e. The minimum Gasteiger partial charge on any atom is -0.441 e. The van der Waals surface area contributed by atoms with E-state index >= 15 is 0 Å². The molecule has 5 nitrogen and oxygen atoms in total. The van der Waals surface area contributed by atoms with Crippen LogP contribution in [0.1, 0.15) is 5.56 Å². The van der Waals surface area contributed by atoms with Gasteiger partial charge in [0, 0.05) is 23.3 Å². The highest BCUT2D eigenvalue weighted by Gasteiger charge is 2.30. The average molecular weight is 357 g/mol. The maximum atomic E-state index is 12.7. The Balaban J connectivity index is 1.83. The minimum atomic E-state index is -4.43. The number of oxazole rings is 1. The van der Waals surface area contributed by atoms with E-state index in [1.807, 2.05) is 0 Å². The van der Waals surface area contributed by atoms with Crippen molar-refractivity contribution < 1.29 is 17.6 Å². The van der Waals surface area contributed by atoms with Crippen LogP contribution in [0.4, 0.5) is 13.2 Å². The fraction of sp³-hybridized carbons (Fsp3) is 0.0556. The first-order chi connectivity index (χ1) is 12.4. The molecule has 0 unspecified atom stereocenters. The number of benzene rings is 1. The van der Waals surface area contributed by atoms with E-state index in [4.69, 9.17) is 4.42 Å². The van der Waals surface area contributed by atoms with E-state index in [0.29, 0.717) is 10.9 Å². The van der Waals surface area contributed by atoms with E-state index in [1.54, 1.807) is 18.2 Å². The second-order valence-corrected chi connectivity index (χ2v) is 5.51. The van der Waals surface area contributed by atoms with Crippen LogP contribution in [0.5, 0.6) is 0 Å². The van der Waals surface area contributed by atoms with E-state index in [-0.39, 0.29) is 17.1 Å². The molecule has 26 heavy (non-hydrogen) atoms. The predicted octanol–water partition coefficient (Wildman–Crippen LogP) is 4.06.